The van der Waals surface area contributed by atoms with Crippen molar-refractivity contribution < 1.29 is 5.11 Å². The van der Waals surface area contributed by atoms with Crippen LogP contribution >= 0.6 is 0 Å². The molecule has 1 rings (SSSR count). The third-order valence-corrected chi connectivity index (χ3v) is 3.31. The van der Waals surface area contributed by atoms with Crippen molar-refractivity contribution in [3.63, 3.8) is 0 Å². The van der Waals surface area contributed by atoms with Gasteiger partial charge in [0.15, 0.2) is 0 Å². The van der Waals surface area contributed by atoms with Crippen LogP contribution in [0.4, 0.5) is 0 Å². The maximum Gasteiger partial charge on any atom is 0.0558 e. The fourth-order valence-electron chi connectivity index (χ4n) is 2.51. The van der Waals surface area contributed by atoms with Gasteiger partial charge < -0.3 is 10.4 Å². The maximum atomic E-state index is 8.98. The highest BCUT2D eigenvalue weighted by molar-refractivity contribution is 4.81. The Morgan fingerprint density at radius 3 is 2.75 bits per heavy atom. The Morgan fingerprint density at radius 2 is 2.12 bits per heavy atom. The van der Waals surface area contributed by atoms with Crippen molar-refractivity contribution >= 4 is 0 Å². The number of hydrogen-bond donors (Lipinski definition) is 2. The fraction of sp³-hybridized carbons (Fsp3) is 1.00. The summed E-state index contributed by atoms with van der Waals surface area (Å²) in [4.78, 5) is 2.38. The lowest BCUT2D eigenvalue weighted by atomic mass is 9.95. The zero-order valence-corrected chi connectivity index (χ0v) is 11.1. The SMILES string of the molecule is CC(C)CCNC1CC(C)CN(CCO)C1. The Morgan fingerprint density at radius 1 is 1.38 bits per heavy atom. The molecule has 2 N–H and O–H groups in total. The van der Waals surface area contributed by atoms with Crippen molar-refractivity contribution in [1.82, 2.24) is 10.2 Å². The van der Waals surface area contributed by atoms with Crippen LogP contribution in [-0.2, 0) is 0 Å². The third kappa shape index (κ3) is 5.28. The van der Waals surface area contributed by atoms with Gasteiger partial charge in [0.25, 0.3) is 0 Å². The van der Waals surface area contributed by atoms with Crippen LogP contribution < -0.4 is 5.32 Å². The Labute approximate surface area is 100 Å². The lowest BCUT2D eigenvalue weighted by Crippen LogP contribution is -2.49. The smallest absolute Gasteiger partial charge is 0.0558 e. The van der Waals surface area contributed by atoms with Gasteiger partial charge in [-0.3, -0.25) is 4.90 Å². The van der Waals surface area contributed by atoms with E-state index in [0.717, 1.165) is 38.0 Å². The van der Waals surface area contributed by atoms with E-state index in [0.29, 0.717) is 6.04 Å². The number of hydrogen-bond acceptors (Lipinski definition) is 3. The molecule has 0 bridgehead atoms. The normalized spacial score (nSPS) is 27.6. The van der Waals surface area contributed by atoms with Crippen molar-refractivity contribution in [1.29, 1.82) is 0 Å². The molecule has 1 saturated heterocycles. The molecule has 0 radical (unpaired) electrons. The summed E-state index contributed by atoms with van der Waals surface area (Å²) in [7, 11) is 0. The van der Waals surface area contributed by atoms with Crippen LogP contribution in [0.3, 0.4) is 0 Å². The molecule has 96 valence electrons. The number of likely N-dealkylation sites (tertiary alicyclic amines) is 1. The number of nitrogens with one attached hydrogen (secondary N) is 1. The van der Waals surface area contributed by atoms with Crippen LogP contribution in [-0.4, -0.2) is 48.8 Å². The molecule has 0 aromatic heterocycles. The van der Waals surface area contributed by atoms with Gasteiger partial charge in [0.2, 0.25) is 0 Å². The number of aliphatic hydroxyl groups is 1. The molecule has 3 heteroatoms. The van der Waals surface area contributed by atoms with Crippen LogP contribution in [0, 0.1) is 11.8 Å². The lowest BCUT2D eigenvalue weighted by Gasteiger charge is -2.36. The highest BCUT2D eigenvalue weighted by Crippen LogP contribution is 2.16. The van der Waals surface area contributed by atoms with E-state index in [1.807, 2.05) is 0 Å². The van der Waals surface area contributed by atoms with Crippen LogP contribution in [0.15, 0.2) is 0 Å². The van der Waals surface area contributed by atoms with Crippen LogP contribution in [0.25, 0.3) is 0 Å². The maximum absolute atomic E-state index is 8.98. The standard InChI is InChI=1S/C13H28N2O/c1-11(2)4-5-14-13-8-12(3)9-15(10-13)6-7-16/h11-14,16H,4-10H2,1-3H3. The van der Waals surface area contributed by atoms with E-state index < -0.39 is 0 Å². The Bertz CT molecular complexity index is 185. The molecule has 16 heavy (non-hydrogen) atoms. The van der Waals surface area contributed by atoms with Gasteiger partial charge >= 0.3 is 0 Å². The predicted octanol–water partition coefficient (Wildman–Crippen LogP) is 1.32. The average Bonchev–Trinajstić information content (AvgIpc) is 2.16. The number of β-amino-alcohol motifs (C(OH)–C–C–N with tert-alkyl or cyclic N) is 1. The molecule has 0 aliphatic carbocycles. The number of aliphatic hydroxyl groups excluding tert-OH is 1. The van der Waals surface area contributed by atoms with E-state index in [-0.39, 0.29) is 6.61 Å². The van der Waals surface area contributed by atoms with E-state index in [1.54, 1.807) is 0 Å². The second kappa shape index (κ2) is 7.25. The monoisotopic (exact) mass is 228 g/mol. The zero-order chi connectivity index (χ0) is 12.0. The lowest BCUT2D eigenvalue weighted by molar-refractivity contribution is 0.122. The van der Waals surface area contributed by atoms with Crippen molar-refractivity contribution in [3.8, 4) is 0 Å². The van der Waals surface area contributed by atoms with E-state index in [2.05, 4.69) is 31.0 Å². The van der Waals surface area contributed by atoms with Crippen molar-refractivity contribution in [2.45, 2.75) is 39.7 Å². The first-order chi connectivity index (χ1) is 7.61. The molecule has 0 saturated carbocycles. The molecule has 2 atom stereocenters. The Hall–Kier alpha value is -0.120. The minimum Gasteiger partial charge on any atom is -0.395 e. The topological polar surface area (TPSA) is 35.5 Å². The molecule has 1 fully saturated rings. The summed E-state index contributed by atoms with van der Waals surface area (Å²) in [6, 6.07) is 0.619. The molecule has 0 amide bonds. The first-order valence-electron chi connectivity index (χ1n) is 6.68. The Balaban J connectivity index is 2.24. The number of rotatable bonds is 6. The third-order valence-electron chi connectivity index (χ3n) is 3.31. The quantitative estimate of drug-likeness (QED) is 0.720. The molecule has 0 spiro atoms. The van der Waals surface area contributed by atoms with Gasteiger partial charge in [0, 0.05) is 25.7 Å². The summed E-state index contributed by atoms with van der Waals surface area (Å²) < 4.78 is 0. The van der Waals surface area contributed by atoms with Gasteiger partial charge in [-0.1, -0.05) is 20.8 Å². The minimum absolute atomic E-state index is 0.283. The number of piperidine rings is 1. The van der Waals surface area contributed by atoms with E-state index in [1.165, 1.54) is 12.8 Å². The first-order valence-corrected chi connectivity index (χ1v) is 6.68. The molecule has 1 aliphatic heterocycles. The van der Waals surface area contributed by atoms with Crippen molar-refractivity contribution in [2.24, 2.45) is 11.8 Å². The second-order valence-corrected chi connectivity index (χ2v) is 5.66. The first kappa shape index (κ1) is 13.9. The molecular weight excluding hydrogens is 200 g/mol. The van der Waals surface area contributed by atoms with E-state index in [9.17, 15) is 0 Å². The molecule has 3 nitrogen and oxygen atoms in total. The number of nitrogens with zero attached hydrogens (tertiary/aromatic N) is 1. The molecule has 0 aromatic carbocycles. The van der Waals surface area contributed by atoms with Gasteiger partial charge in [-0.15, -0.1) is 0 Å². The van der Waals surface area contributed by atoms with Gasteiger partial charge in [-0.05, 0) is 31.2 Å². The Kier molecular flexibility index (Phi) is 6.32. The van der Waals surface area contributed by atoms with Gasteiger partial charge in [-0.2, -0.15) is 0 Å². The highest BCUT2D eigenvalue weighted by Gasteiger charge is 2.23. The van der Waals surface area contributed by atoms with Crippen LogP contribution in [0.1, 0.15) is 33.6 Å². The minimum atomic E-state index is 0.283. The van der Waals surface area contributed by atoms with Gasteiger partial charge in [0.1, 0.15) is 0 Å². The average molecular weight is 228 g/mol. The molecule has 2 unspecified atom stereocenters. The van der Waals surface area contributed by atoms with Crippen LogP contribution in [0.5, 0.6) is 0 Å². The summed E-state index contributed by atoms with van der Waals surface area (Å²) in [6.45, 7) is 11.3. The van der Waals surface area contributed by atoms with Crippen molar-refractivity contribution in [2.75, 3.05) is 32.8 Å². The summed E-state index contributed by atoms with van der Waals surface area (Å²) in [5.74, 6) is 1.53. The summed E-state index contributed by atoms with van der Waals surface area (Å²) >= 11 is 0. The molecule has 0 aromatic rings. The predicted molar refractivity (Wildman–Crippen MR) is 68.6 cm³/mol. The molecule has 1 heterocycles. The van der Waals surface area contributed by atoms with Gasteiger partial charge in [-0.25, -0.2) is 0 Å². The summed E-state index contributed by atoms with van der Waals surface area (Å²) in [6.07, 6.45) is 2.53. The van der Waals surface area contributed by atoms with Crippen LogP contribution in [0.2, 0.25) is 0 Å². The largest absolute Gasteiger partial charge is 0.395 e. The van der Waals surface area contributed by atoms with Crippen molar-refractivity contribution in [3.05, 3.63) is 0 Å². The molecule has 1 aliphatic rings. The zero-order valence-electron chi connectivity index (χ0n) is 11.1. The highest BCUT2D eigenvalue weighted by atomic mass is 16.3. The van der Waals surface area contributed by atoms with E-state index in [4.69, 9.17) is 5.11 Å². The molecular formula is C13H28N2O. The fourth-order valence-corrected chi connectivity index (χ4v) is 2.51. The van der Waals surface area contributed by atoms with Gasteiger partial charge in [0.05, 0.1) is 6.61 Å². The second-order valence-electron chi connectivity index (χ2n) is 5.66. The summed E-state index contributed by atoms with van der Waals surface area (Å²) in [5.41, 5.74) is 0. The summed E-state index contributed by atoms with van der Waals surface area (Å²) in [5, 5.41) is 12.6. The van der Waals surface area contributed by atoms with E-state index >= 15 is 0 Å².